The number of aromatic nitrogens is 3. The highest BCUT2D eigenvalue weighted by Gasteiger charge is 2.21. The first-order chi connectivity index (χ1) is 25.3. The monoisotopic (exact) mass is 831 g/mol. The van der Waals surface area contributed by atoms with Crippen molar-refractivity contribution in [2.75, 3.05) is 23.0 Å². The molecule has 5 aromatic rings. The summed E-state index contributed by atoms with van der Waals surface area (Å²) in [6.07, 6.45) is 0. The zero-order valence-corrected chi connectivity index (χ0v) is 29.9. The Morgan fingerprint density at radius 3 is 2.21 bits per heavy atom. The number of nitrogens with one attached hydrogen (secondary N) is 2. The van der Waals surface area contributed by atoms with Gasteiger partial charge < -0.3 is 20.8 Å². The summed E-state index contributed by atoms with van der Waals surface area (Å²) in [5, 5.41) is 59.5. The molecule has 53 heavy (non-hydrogen) atoms. The van der Waals surface area contributed by atoms with Gasteiger partial charge in [0.1, 0.15) is 11.4 Å². The molecule has 5 rings (SSSR count). The molecular formula is C27H22ClN7O14S4. The van der Waals surface area contributed by atoms with Crippen LogP contribution in [0.1, 0.15) is 0 Å². The first-order valence-electron chi connectivity index (χ1n) is 14.0. The van der Waals surface area contributed by atoms with E-state index in [0.717, 1.165) is 12.1 Å². The molecule has 0 spiro atoms. The minimum Gasteiger partial charge on any atom is -0.505 e. The predicted octanol–water partition coefficient (Wildman–Crippen LogP) is 6.44. The maximum Gasteiger partial charge on any atom is 0.294 e. The second-order valence-corrected chi connectivity index (χ2v) is 15.0. The number of sulfone groups is 1. The molecule has 1 heterocycles. The van der Waals surface area contributed by atoms with Gasteiger partial charge in [-0.05, 0) is 59.5 Å². The Balaban J connectivity index is 1.42. The van der Waals surface area contributed by atoms with Crippen LogP contribution in [0.3, 0.4) is 0 Å². The fourth-order valence-corrected chi connectivity index (χ4v) is 6.90. The first-order valence-corrected chi connectivity index (χ1v) is 18.9. The number of nitrogens with zero attached hydrogens (tertiary/aromatic N) is 5. The molecule has 280 valence electrons. The molecular weight excluding hydrogens is 810 g/mol. The number of azo groups is 1. The molecule has 0 atom stereocenters. The molecule has 1 aromatic heterocycles. The molecule has 0 saturated carbocycles. The zero-order valence-electron chi connectivity index (χ0n) is 25.9. The SMILES string of the molecule is O=S(=O)(O)c1cc(N=Nc2c(SOOO)cc3ccccc3c2O)c(O)c(Nc2nc(Cl)nc(Nc3ccc(S(=O)(=O)CCOSOOO)cc3)n2)c1. The van der Waals surface area contributed by atoms with Crippen molar-refractivity contribution < 1.29 is 65.0 Å². The van der Waals surface area contributed by atoms with Gasteiger partial charge in [-0.1, -0.05) is 34.3 Å². The zero-order chi connectivity index (χ0) is 38.2. The maximum absolute atomic E-state index is 12.6. The normalized spacial score (nSPS) is 12.1. The highest BCUT2D eigenvalue weighted by molar-refractivity contribution is 7.94. The summed E-state index contributed by atoms with van der Waals surface area (Å²) in [7, 11) is -8.68. The number of aromatic hydroxyl groups is 2. The Morgan fingerprint density at radius 1 is 0.811 bits per heavy atom. The molecule has 21 nitrogen and oxygen atoms in total. The number of hydrogen-bond acceptors (Lipinski definition) is 22. The lowest BCUT2D eigenvalue weighted by molar-refractivity contribution is -0.434. The summed E-state index contributed by atoms with van der Waals surface area (Å²) >= 11 is 6.78. The van der Waals surface area contributed by atoms with Crippen molar-refractivity contribution in [1.29, 1.82) is 0 Å². The number of hydrogen-bond donors (Lipinski definition) is 7. The molecule has 26 heteroatoms. The molecule has 0 aliphatic carbocycles. The molecule has 0 unspecified atom stereocenters. The number of benzene rings is 4. The van der Waals surface area contributed by atoms with Crippen molar-refractivity contribution >= 4 is 101 Å². The van der Waals surface area contributed by atoms with Gasteiger partial charge in [0.05, 0.1) is 44.8 Å². The van der Waals surface area contributed by atoms with Crippen LogP contribution in [-0.4, -0.2) is 69.4 Å². The van der Waals surface area contributed by atoms with Crippen LogP contribution < -0.4 is 10.6 Å². The highest BCUT2D eigenvalue weighted by Crippen LogP contribution is 2.45. The molecule has 7 N–H and O–H groups in total. The number of phenols is 2. The van der Waals surface area contributed by atoms with Crippen molar-refractivity contribution in [3.05, 3.63) is 72.0 Å². The lowest BCUT2D eigenvalue weighted by Gasteiger charge is -2.12. The Morgan fingerprint density at radius 2 is 1.51 bits per heavy atom. The average molecular weight is 832 g/mol. The Bertz CT molecular complexity index is 2360. The summed E-state index contributed by atoms with van der Waals surface area (Å²) in [5.74, 6) is -2.03. The van der Waals surface area contributed by atoms with Gasteiger partial charge in [-0.15, -0.1) is 18.9 Å². The Labute approximate surface area is 311 Å². The summed E-state index contributed by atoms with van der Waals surface area (Å²) in [6.45, 7) is -0.284. The van der Waals surface area contributed by atoms with Crippen molar-refractivity contribution in [3.63, 3.8) is 0 Å². The number of rotatable bonds is 17. The smallest absolute Gasteiger partial charge is 0.294 e. The predicted molar refractivity (Wildman–Crippen MR) is 187 cm³/mol. The van der Waals surface area contributed by atoms with E-state index in [2.05, 4.69) is 54.6 Å². The third-order valence-corrected chi connectivity index (χ3v) is 10.3. The minimum absolute atomic E-state index is 0.0486. The van der Waals surface area contributed by atoms with Crippen molar-refractivity contribution in [2.45, 2.75) is 14.7 Å². The van der Waals surface area contributed by atoms with Crippen molar-refractivity contribution in [1.82, 2.24) is 15.0 Å². The largest absolute Gasteiger partial charge is 0.505 e. The Hall–Kier alpha value is -4.48. The topological polar surface area (TPSA) is 303 Å². The summed E-state index contributed by atoms with van der Waals surface area (Å²) < 4.78 is 72.6. The van der Waals surface area contributed by atoms with Gasteiger partial charge >= 0.3 is 0 Å². The van der Waals surface area contributed by atoms with Crippen molar-refractivity contribution in [3.8, 4) is 11.5 Å². The van der Waals surface area contributed by atoms with E-state index >= 15 is 0 Å². The Kier molecular flexibility index (Phi) is 13.2. The van der Waals surface area contributed by atoms with Gasteiger partial charge in [-0.25, -0.2) is 18.9 Å². The molecule has 0 aliphatic rings. The van der Waals surface area contributed by atoms with Crippen LogP contribution in [0.25, 0.3) is 10.8 Å². The summed E-state index contributed by atoms with van der Waals surface area (Å²) in [5.41, 5.74) is -0.835. The number of anilines is 4. The second-order valence-electron chi connectivity index (χ2n) is 9.91. The molecule has 0 saturated heterocycles. The molecule has 0 aliphatic heterocycles. The minimum atomic E-state index is -4.91. The molecule has 0 bridgehead atoms. The van der Waals surface area contributed by atoms with E-state index in [4.69, 9.17) is 26.3 Å². The average Bonchev–Trinajstić information content (AvgIpc) is 3.11. The lowest BCUT2D eigenvalue weighted by Crippen LogP contribution is -2.11. The van der Waals surface area contributed by atoms with Crippen LogP contribution in [0.15, 0.2) is 91.6 Å². The fourth-order valence-electron chi connectivity index (χ4n) is 4.31. The van der Waals surface area contributed by atoms with Gasteiger partial charge in [0, 0.05) is 11.1 Å². The van der Waals surface area contributed by atoms with E-state index in [0.29, 0.717) is 28.5 Å². The van der Waals surface area contributed by atoms with E-state index in [9.17, 15) is 31.6 Å². The number of fused-ring (bicyclic) bond motifs is 1. The maximum atomic E-state index is 12.6. The summed E-state index contributed by atoms with van der Waals surface area (Å²) in [6, 6.07) is 15.1. The highest BCUT2D eigenvalue weighted by atomic mass is 35.5. The van der Waals surface area contributed by atoms with E-state index in [1.807, 2.05) is 0 Å². The number of halogens is 1. The van der Waals surface area contributed by atoms with Gasteiger partial charge in [0.25, 0.3) is 10.1 Å². The van der Waals surface area contributed by atoms with E-state index in [1.165, 1.54) is 30.3 Å². The van der Waals surface area contributed by atoms with E-state index in [-0.39, 0.29) is 57.3 Å². The molecule has 4 aromatic carbocycles. The van der Waals surface area contributed by atoms with Crippen LogP contribution in [0.2, 0.25) is 5.28 Å². The third kappa shape index (κ3) is 10.4. The van der Waals surface area contributed by atoms with Crippen LogP contribution in [-0.2, 0) is 42.9 Å². The molecule has 0 radical (unpaired) electrons. The standard InChI is InChI=1S/C27H22ClN7O14S4/c28-25-31-26(29-15-5-7-16(8-6-15)52(40,41)10-9-45-51-49-47-39)33-27(32-25)30-19-12-17(53(42,43)44)13-20(24(19)37)34-35-22-21(50-48-46-38)11-14-3-1-2-4-18(14)23(22)36/h1-8,11-13,36-39H,9-10H2,(H,42,43,44)(H2,29,30,31,32,33). The van der Waals surface area contributed by atoms with Crippen LogP contribution >= 0.6 is 36.0 Å². The summed E-state index contributed by atoms with van der Waals surface area (Å²) in [4.78, 5) is 11.3. The van der Waals surface area contributed by atoms with Gasteiger partial charge in [-0.3, -0.25) is 8.74 Å². The quantitative estimate of drug-likeness (QED) is 0.0101. The molecule has 0 amide bonds. The van der Waals surface area contributed by atoms with Crippen LogP contribution in [0.5, 0.6) is 11.5 Å². The van der Waals surface area contributed by atoms with E-state index < -0.39 is 47.7 Å². The van der Waals surface area contributed by atoms with E-state index in [1.54, 1.807) is 24.3 Å². The fraction of sp³-hybridized carbons (Fsp3) is 0.0741. The van der Waals surface area contributed by atoms with Gasteiger partial charge in [-0.2, -0.15) is 23.4 Å². The van der Waals surface area contributed by atoms with Gasteiger partial charge in [0.15, 0.2) is 33.7 Å². The third-order valence-electron chi connectivity index (χ3n) is 6.60. The van der Waals surface area contributed by atoms with Crippen LogP contribution in [0, 0.1) is 0 Å². The van der Waals surface area contributed by atoms with Crippen LogP contribution in [0.4, 0.5) is 34.6 Å². The lowest BCUT2D eigenvalue weighted by atomic mass is 10.1. The van der Waals surface area contributed by atoms with Crippen molar-refractivity contribution in [2.24, 2.45) is 10.2 Å². The number of phenolic OH excluding ortho intramolecular Hbond substituents is 2. The van der Waals surface area contributed by atoms with Gasteiger partial charge in [0.2, 0.25) is 17.2 Å². The molecule has 0 fully saturated rings. The first kappa shape index (κ1) is 39.7. The second kappa shape index (κ2) is 17.6.